The van der Waals surface area contributed by atoms with Gasteiger partial charge in [-0.25, -0.2) is 0 Å². The number of carboxylic acid groups (broad SMARTS) is 1. The average molecular weight is 383 g/mol. The van der Waals surface area contributed by atoms with Crippen LogP contribution in [0, 0.1) is 5.92 Å². The predicted octanol–water partition coefficient (Wildman–Crippen LogP) is 1.95. The first-order valence-corrected chi connectivity index (χ1v) is 8.17. The van der Waals surface area contributed by atoms with Gasteiger partial charge in [0, 0.05) is 30.4 Å². The number of aliphatic carboxylic acids is 1. The van der Waals surface area contributed by atoms with E-state index in [1.54, 1.807) is 36.2 Å². The van der Waals surface area contributed by atoms with Gasteiger partial charge in [-0.1, -0.05) is 28.1 Å². The number of nitrogens with zero attached hydrogens (tertiary/aromatic N) is 1. The monoisotopic (exact) mass is 382 g/mol. The Kier molecular flexibility index (Phi) is 5.76. The minimum Gasteiger partial charge on any atom is -0.481 e. The van der Waals surface area contributed by atoms with E-state index in [1.165, 1.54) is 0 Å². The van der Waals surface area contributed by atoms with Crippen molar-refractivity contribution in [3.63, 3.8) is 0 Å². The number of carboxylic acids is 1. The molecule has 0 unspecified atom stereocenters. The van der Waals surface area contributed by atoms with E-state index >= 15 is 0 Å². The van der Waals surface area contributed by atoms with Crippen molar-refractivity contribution in [3.8, 4) is 0 Å². The van der Waals surface area contributed by atoms with Crippen LogP contribution in [-0.4, -0.2) is 41.4 Å². The standard InChI is InChI=1S/C16H19BrN2O4/c1-19-7-6-11(8-14(19)20)16(23)18-13(9-15(21)22)10-2-4-12(17)5-3-10/h2-5,11,13H,6-9H2,1H3,(H,18,23)(H,21,22)/t11-,13-/m0/s1. The second-order valence-corrected chi connectivity index (χ2v) is 6.63. The normalized spacial score (nSPS) is 19.3. The molecule has 7 heteroatoms. The van der Waals surface area contributed by atoms with Crippen LogP contribution >= 0.6 is 15.9 Å². The topological polar surface area (TPSA) is 86.7 Å². The highest BCUT2D eigenvalue weighted by molar-refractivity contribution is 9.10. The van der Waals surface area contributed by atoms with Crippen molar-refractivity contribution in [2.75, 3.05) is 13.6 Å². The van der Waals surface area contributed by atoms with Gasteiger partial charge in [0.05, 0.1) is 12.5 Å². The summed E-state index contributed by atoms with van der Waals surface area (Å²) < 4.78 is 0.877. The molecule has 0 spiro atoms. The zero-order valence-electron chi connectivity index (χ0n) is 12.8. The van der Waals surface area contributed by atoms with Gasteiger partial charge in [0.1, 0.15) is 0 Å². The Labute approximate surface area is 143 Å². The summed E-state index contributed by atoms with van der Waals surface area (Å²) >= 11 is 3.33. The highest BCUT2D eigenvalue weighted by Crippen LogP contribution is 2.23. The summed E-state index contributed by atoms with van der Waals surface area (Å²) in [6.45, 7) is 0.540. The summed E-state index contributed by atoms with van der Waals surface area (Å²) in [5.41, 5.74) is 0.725. The van der Waals surface area contributed by atoms with Gasteiger partial charge in [0.2, 0.25) is 11.8 Å². The number of likely N-dealkylation sites (tertiary alicyclic amines) is 1. The molecular weight excluding hydrogens is 364 g/mol. The molecule has 2 rings (SSSR count). The first-order valence-electron chi connectivity index (χ1n) is 7.38. The van der Waals surface area contributed by atoms with Crippen molar-refractivity contribution < 1.29 is 19.5 Å². The Morgan fingerprint density at radius 1 is 1.39 bits per heavy atom. The van der Waals surface area contributed by atoms with Crippen LogP contribution in [0.25, 0.3) is 0 Å². The number of rotatable bonds is 5. The van der Waals surface area contributed by atoms with Crippen molar-refractivity contribution in [3.05, 3.63) is 34.3 Å². The van der Waals surface area contributed by atoms with Crippen LogP contribution in [0.2, 0.25) is 0 Å². The smallest absolute Gasteiger partial charge is 0.305 e. The Morgan fingerprint density at radius 3 is 2.61 bits per heavy atom. The Bertz CT molecular complexity index is 603. The van der Waals surface area contributed by atoms with E-state index in [1.807, 2.05) is 0 Å². The minimum atomic E-state index is -0.988. The van der Waals surface area contributed by atoms with E-state index in [-0.39, 0.29) is 24.7 Å². The van der Waals surface area contributed by atoms with Crippen LogP contribution in [-0.2, 0) is 14.4 Å². The number of amides is 2. The molecule has 0 aromatic heterocycles. The lowest BCUT2D eigenvalue weighted by Gasteiger charge is -2.29. The van der Waals surface area contributed by atoms with Crippen molar-refractivity contribution in [1.82, 2.24) is 10.2 Å². The molecule has 1 heterocycles. The molecule has 0 aliphatic carbocycles. The van der Waals surface area contributed by atoms with E-state index in [2.05, 4.69) is 21.2 Å². The number of benzene rings is 1. The quantitative estimate of drug-likeness (QED) is 0.814. The van der Waals surface area contributed by atoms with Crippen molar-refractivity contribution >= 4 is 33.7 Å². The van der Waals surface area contributed by atoms with Crippen LogP contribution in [0.3, 0.4) is 0 Å². The van der Waals surface area contributed by atoms with Crippen molar-refractivity contribution in [1.29, 1.82) is 0 Å². The first-order chi connectivity index (χ1) is 10.9. The maximum atomic E-state index is 12.4. The van der Waals surface area contributed by atoms with Crippen LogP contribution in [0.1, 0.15) is 30.9 Å². The second kappa shape index (κ2) is 7.59. The summed E-state index contributed by atoms with van der Waals surface area (Å²) in [5, 5.41) is 11.9. The van der Waals surface area contributed by atoms with Crippen LogP contribution < -0.4 is 5.32 Å². The molecule has 1 aromatic rings. The summed E-state index contributed by atoms with van der Waals surface area (Å²) in [4.78, 5) is 36.8. The van der Waals surface area contributed by atoms with Gasteiger partial charge in [0.25, 0.3) is 0 Å². The number of nitrogens with one attached hydrogen (secondary N) is 1. The third kappa shape index (κ3) is 4.79. The molecule has 0 saturated carbocycles. The SMILES string of the molecule is CN1CC[C@H](C(=O)N[C@@H](CC(=O)O)c2ccc(Br)cc2)CC1=O. The van der Waals surface area contributed by atoms with Gasteiger partial charge in [0.15, 0.2) is 0 Å². The third-order valence-electron chi connectivity index (χ3n) is 4.00. The maximum absolute atomic E-state index is 12.4. The molecule has 0 radical (unpaired) electrons. The van der Waals surface area contributed by atoms with Gasteiger partial charge >= 0.3 is 5.97 Å². The van der Waals surface area contributed by atoms with E-state index in [0.717, 1.165) is 10.0 Å². The molecule has 1 aliphatic heterocycles. The molecule has 124 valence electrons. The fourth-order valence-corrected chi connectivity index (χ4v) is 2.84. The Balaban J connectivity index is 2.08. The van der Waals surface area contributed by atoms with E-state index in [4.69, 9.17) is 5.11 Å². The highest BCUT2D eigenvalue weighted by Gasteiger charge is 2.30. The van der Waals surface area contributed by atoms with Crippen molar-refractivity contribution in [2.24, 2.45) is 5.92 Å². The van der Waals surface area contributed by atoms with E-state index in [9.17, 15) is 14.4 Å². The van der Waals surface area contributed by atoms with E-state index in [0.29, 0.717) is 13.0 Å². The molecule has 1 aromatic carbocycles. The molecule has 2 N–H and O–H groups in total. The van der Waals surface area contributed by atoms with Gasteiger partial charge in [-0.05, 0) is 24.1 Å². The minimum absolute atomic E-state index is 0.0603. The molecule has 2 amide bonds. The summed E-state index contributed by atoms with van der Waals surface area (Å²) in [7, 11) is 1.71. The molecule has 6 nitrogen and oxygen atoms in total. The highest BCUT2D eigenvalue weighted by atomic mass is 79.9. The molecule has 23 heavy (non-hydrogen) atoms. The fraction of sp³-hybridized carbons (Fsp3) is 0.438. The number of piperidine rings is 1. The summed E-state index contributed by atoms with van der Waals surface area (Å²) in [5.74, 6) is -1.71. The number of carbonyl (C=O) groups is 3. The van der Waals surface area contributed by atoms with Crippen molar-refractivity contribution in [2.45, 2.75) is 25.3 Å². The second-order valence-electron chi connectivity index (χ2n) is 5.72. The average Bonchev–Trinajstić information content (AvgIpc) is 2.49. The van der Waals surface area contributed by atoms with Crippen LogP contribution in [0.4, 0.5) is 0 Å². The Morgan fingerprint density at radius 2 is 2.04 bits per heavy atom. The fourth-order valence-electron chi connectivity index (χ4n) is 2.58. The maximum Gasteiger partial charge on any atom is 0.305 e. The largest absolute Gasteiger partial charge is 0.481 e. The van der Waals surface area contributed by atoms with Gasteiger partial charge < -0.3 is 15.3 Å². The number of hydrogen-bond acceptors (Lipinski definition) is 3. The number of carbonyl (C=O) groups excluding carboxylic acids is 2. The zero-order chi connectivity index (χ0) is 17.0. The lowest BCUT2D eigenvalue weighted by atomic mass is 9.94. The molecule has 2 atom stereocenters. The van der Waals surface area contributed by atoms with E-state index < -0.39 is 17.9 Å². The van der Waals surface area contributed by atoms with Crippen LogP contribution in [0.15, 0.2) is 28.7 Å². The predicted molar refractivity (Wildman–Crippen MR) is 87.6 cm³/mol. The molecule has 1 aliphatic rings. The number of halogens is 1. The Hall–Kier alpha value is -1.89. The summed E-state index contributed by atoms with van der Waals surface area (Å²) in [6, 6.07) is 6.54. The molecule has 1 fully saturated rings. The van der Waals surface area contributed by atoms with Gasteiger partial charge in [-0.3, -0.25) is 14.4 Å². The third-order valence-corrected chi connectivity index (χ3v) is 4.53. The lowest BCUT2D eigenvalue weighted by Crippen LogP contribution is -2.43. The van der Waals surface area contributed by atoms with Crippen LogP contribution in [0.5, 0.6) is 0 Å². The molecule has 0 bridgehead atoms. The first kappa shape index (κ1) is 17.5. The zero-order valence-corrected chi connectivity index (χ0v) is 14.4. The number of hydrogen-bond donors (Lipinski definition) is 2. The summed E-state index contributed by atoms with van der Waals surface area (Å²) in [6.07, 6.45) is 0.560. The lowest BCUT2D eigenvalue weighted by molar-refractivity contribution is -0.140. The molecular formula is C16H19BrN2O4. The van der Waals surface area contributed by atoms with Gasteiger partial charge in [-0.15, -0.1) is 0 Å². The molecule has 1 saturated heterocycles. The van der Waals surface area contributed by atoms with Gasteiger partial charge in [-0.2, -0.15) is 0 Å².